The van der Waals surface area contributed by atoms with Crippen molar-refractivity contribution in [3.63, 3.8) is 0 Å². The van der Waals surface area contributed by atoms with Crippen molar-refractivity contribution in [1.82, 2.24) is 14.6 Å². The number of hydrogen-bond acceptors (Lipinski definition) is 5. The average Bonchev–Trinajstić information content (AvgIpc) is 2.90. The zero-order chi connectivity index (χ0) is 15.8. The molecule has 0 amide bonds. The standard InChI is InChI=1S/C9H11BrN4O.C6H12O/c1-15-5-3-11-9-12-6-8-7(10)2-4-14(8)13-9;7-6-4-2-1-3-5-6/h2,4,6H,3,5H2,1H3,(H,11,13);6-7H,1-5H2. The lowest BCUT2D eigenvalue weighted by atomic mass is 9.98. The molecular formula is C15H23BrN4O2. The first-order valence-electron chi connectivity index (χ1n) is 7.61. The summed E-state index contributed by atoms with van der Waals surface area (Å²) in [6, 6.07) is 1.93. The Hall–Kier alpha value is -1.18. The van der Waals surface area contributed by atoms with Gasteiger partial charge in [0.15, 0.2) is 0 Å². The quantitative estimate of drug-likeness (QED) is 0.809. The van der Waals surface area contributed by atoms with Crippen molar-refractivity contribution >= 4 is 27.4 Å². The highest BCUT2D eigenvalue weighted by Crippen LogP contribution is 2.17. The van der Waals surface area contributed by atoms with Crippen LogP contribution in [-0.2, 0) is 4.74 Å². The molecule has 122 valence electrons. The molecule has 2 heterocycles. The van der Waals surface area contributed by atoms with Gasteiger partial charge in [0.05, 0.1) is 24.4 Å². The van der Waals surface area contributed by atoms with Gasteiger partial charge >= 0.3 is 0 Å². The van der Waals surface area contributed by atoms with Crippen LogP contribution in [0.5, 0.6) is 0 Å². The Balaban J connectivity index is 0.000000211. The molecule has 2 aromatic heterocycles. The van der Waals surface area contributed by atoms with E-state index in [2.05, 4.69) is 31.3 Å². The number of nitrogens with zero attached hydrogens (tertiary/aromatic N) is 3. The van der Waals surface area contributed by atoms with Crippen LogP contribution in [0, 0.1) is 0 Å². The fraction of sp³-hybridized carbons (Fsp3) is 0.600. The predicted molar refractivity (Wildman–Crippen MR) is 90.1 cm³/mol. The van der Waals surface area contributed by atoms with Crippen molar-refractivity contribution in [3.05, 3.63) is 22.9 Å². The zero-order valence-corrected chi connectivity index (χ0v) is 14.4. The molecule has 2 aromatic rings. The Kier molecular flexibility index (Phi) is 7.08. The number of fused-ring (bicyclic) bond motifs is 1. The molecule has 7 heteroatoms. The number of aromatic nitrogens is 3. The summed E-state index contributed by atoms with van der Waals surface area (Å²) < 4.78 is 7.68. The van der Waals surface area contributed by atoms with Gasteiger partial charge < -0.3 is 15.2 Å². The van der Waals surface area contributed by atoms with Crippen LogP contribution >= 0.6 is 15.9 Å². The summed E-state index contributed by atoms with van der Waals surface area (Å²) in [5, 5.41) is 16.2. The Labute approximate surface area is 139 Å². The molecule has 1 aliphatic rings. The summed E-state index contributed by atoms with van der Waals surface area (Å²) in [7, 11) is 1.66. The number of methoxy groups -OCH3 is 1. The minimum atomic E-state index is 0.0359. The van der Waals surface area contributed by atoms with E-state index in [9.17, 15) is 0 Å². The second-order valence-corrected chi connectivity index (χ2v) is 6.14. The van der Waals surface area contributed by atoms with Crippen molar-refractivity contribution in [3.8, 4) is 0 Å². The van der Waals surface area contributed by atoms with E-state index >= 15 is 0 Å². The maximum Gasteiger partial charge on any atom is 0.241 e. The van der Waals surface area contributed by atoms with E-state index in [1.54, 1.807) is 17.8 Å². The smallest absolute Gasteiger partial charge is 0.241 e. The number of anilines is 1. The molecule has 0 aromatic carbocycles. The number of rotatable bonds is 4. The van der Waals surface area contributed by atoms with Gasteiger partial charge in [-0.2, -0.15) is 0 Å². The van der Waals surface area contributed by atoms with Crippen molar-refractivity contribution in [1.29, 1.82) is 0 Å². The summed E-state index contributed by atoms with van der Waals surface area (Å²) in [6.45, 7) is 1.33. The molecule has 1 fully saturated rings. The monoisotopic (exact) mass is 370 g/mol. The summed E-state index contributed by atoms with van der Waals surface area (Å²) in [5.41, 5.74) is 0.951. The predicted octanol–water partition coefficient (Wildman–Crippen LogP) is 2.86. The lowest BCUT2D eigenvalue weighted by Crippen LogP contribution is -2.11. The van der Waals surface area contributed by atoms with Gasteiger partial charge in [0.1, 0.15) is 0 Å². The number of hydrogen-bond donors (Lipinski definition) is 2. The number of aliphatic hydroxyl groups is 1. The number of nitrogens with one attached hydrogen (secondary N) is 1. The Bertz CT molecular complexity index is 570. The molecule has 1 aliphatic carbocycles. The van der Waals surface area contributed by atoms with Gasteiger partial charge in [0, 0.05) is 24.3 Å². The molecule has 0 saturated heterocycles. The summed E-state index contributed by atoms with van der Waals surface area (Å²) in [6.07, 6.45) is 9.57. The van der Waals surface area contributed by atoms with Crippen molar-refractivity contribution in [2.45, 2.75) is 38.2 Å². The molecule has 0 spiro atoms. The maximum absolute atomic E-state index is 8.91. The van der Waals surface area contributed by atoms with Crippen LogP contribution in [0.3, 0.4) is 0 Å². The number of halogens is 1. The Morgan fingerprint density at radius 1 is 1.41 bits per heavy atom. The van der Waals surface area contributed by atoms with E-state index in [-0.39, 0.29) is 6.10 Å². The molecule has 3 rings (SSSR count). The first kappa shape index (κ1) is 17.2. The summed E-state index contributed by atoms with van der Waals surface area (Å²) in [5.74, 6) is 0.600. The first-order valence-corrected chi connectivity index (χ1v) is 8.41. The highest BCUT2D eigenvalue weighted by atomic mass is 79.9. The van der Waals surface area contributed by atoms with E-state index < -0.39 is 0 Å². The van der Waals surface area contributed by atoms with E-state index in [1.807, 2.05) is 12.3 Å². The minimum Gasteiger partial charge on any atom is -0.393 e. The number of aliphatic hydroxyl groups excluding tert-OH is 1. The molecule has 1 saturated carbocycles. The lowest BCUT2D eigenvalue weighted by molar-refractivity contribution is 0.130. The molecule has 0 atom stereocenters. The molecule has 0 unspecified atom stereocenters. The minimum absolute atomic E-state index is 0.0359. The van der Waals surface area contributed by atoms with Crippen LogP contribution in [0.1, 0.15) is 32.1 Å². The normalized spacial score (nSPS) is 15.4. The van der Waals surface area contributed by atoms with Crippen molar-refractivity contribution in [2.75, 3.05) is 25.6 Å². The van der Waals surface area contributed by atoms with Gasteiger partial charge in [-0.25, -0.2) is 9.50 Å². The molecule has 22 heavy (non-hydrogen) atoms. The molecule has 0 radical (unpaired) electrons. The third-order valence-corrected chi connectivity index (χ3v) is 4.20. The van der Waals surface area contributed by atoms with E-state index in [4.69, 9.17) is 9.84 Å². The highest BCUT2D eigenvalue weighted by molar-refractivity contribution is 9.10. The van der Waals surface area contributed by atoms with Gasteiger partial charge in [-0.05, 0) is 34.8 Å². The SMILES string of the molecule is COCCNc1ncc2c(Br)ccn2n1.OC1CCCCC1. The van der Waals surface area contributed by atoms with Crippen LogP contribution in [0.15, 0.2) is 22.9 Å². The van der Waals surface area contributed by atoms with Crippen LogP contribution in [-0.4, -0.2) is 46.1 Å². The molecular weight excluding hydrogens is 348 g/mol. The molecule has 0 aliphatic heterocycles. The fourth-order valence-corrected chi connectivity index (χ4v) is 2.70. The van der Waals surface area contributed by atoms with Gasteiger partial charge in [0.2, 0.25) is 5.95 Å². The van der Waals surface area contributed by atoms with Crippen molar-refractivity contribution in [2.24, 2.45) is 0 Å². The maximum atomic E-state index is 8.91. The Morgan fingerprint density at radius 3 is 2.82 bits per heavy atom. The summed E-state index contributed by atoms with van der Waals surface area (Å²) in [4.78, 5) is 4.18. The third-order valence-electron chi connectivity index (χ3n) is 3.53. The van der Waals surface area contributed by atoms with Crippen LogP contribution in [0.4, 0.5) is 5.95 Å². The van der Waals surface area contributed by atoms with E-state index in [0.29, 0.717) is 19.1 Å². The van der Waals surface area contributed by atoms with Crippen molar-refractivity contribution < 1.29 is 9.84 Å². The second kappa shape index (κ2) is 9.07. The molecule has 0 bridgehead atoms. The largest absolute Gasteiger partial charge is 0.393 e. The van der Waals surface area contributed by atoms with Gasteiger partial charge in [-0.1, -0.05) is 19.3 Å². The summed E-state index contributed by atoms with van der Waals surface area (Å²) >= 11 is 3.41. The Morgan fingerprint density at radius 2 is 2.18 bits per heavy atom. The lowest BCUT2D eigenvalue weighted by Gasteiger charge is -2.14. The van der Waals surface area contributed by atoms with E-state index in [0.717, 1.165) is 22.8 Å². The van der Waals surface area contributed by atoms with Crippen LogP contribution in [0.25, 0.3) is 5.52 Å². The first-order chi connectivity index (χ1) is 10.7. The molecule has 2 N–H and O–H groups in total. The zero-order valence-electron chi connectivity index (χ0n) is 12.8. The number of ether oxygens (including phenoxy) is 1. The van der Waals surface area contributed by atoms with Crippen LogP contribution < -0.4 is 5.32 Å². The average molecular weight is 371 g/mol. The highest BCUT2D eigenvalue weighted by Gasteiger charge is 2.07. The topological polar surface area (TPSA) is 71.7 Å². The van der Waals surface area contributed by atoms with Gasteiger partial charge in [-0.15, -0.1) is 5.10 Å². The second-order valence-electron chi connectivity index (χ2n) is 5.29. The van der Waals surface area contributed by atoms with Gasteiger partial charge in [0.25, 0.3) is 0 Å². The third kappa shape index (κ3) is 5.23. The van der Waals surface area contributed by atoms with E-state index in [1.165, 1.54) is 19.3 Å². The molecule has 6 nitrogen and oxygen atoms in total. The van der Waals surface area contributed by atoms with Gasteiger partial charge in [-0.3, -0.25) is 0 Å². The van der Waals surface area contributed by atoms with Crippen LogP contribution in [0.2, 0.25) is 0 Å². The fourth-order valence-electron chi connectivity index (χ4n) is 2.30.